The van der Waals surface area contributed by atoms with Crippen LogP contribution in [0.1, 0.15) is 5.56 Å². The SMILES string of the molecule is N#Cc1ccc(NS(=O)(=O)c2ccc(Cl)c(Br)c2)cc1Cl. The van der Waals surface area contributed by atoms with Gasteiger partial charge in [0.1, 0.15) is 6.07 Å². The van der Waals surface area contributed by atoms with E-state index < -0.39 is 10.0 Å². The minimum absolute atomic E-state index is 0.0549. The van der Waals surface area contributed by atoms with E-state index in [2.05, 4.69) is 20.7 Å². The Morgan fingerprint density at radius 2 is 1.81 bits per heavy atom. The molecule has 0 saturated carbocycles. The number of sulfonamides is 1. The van der Waals surface area contributed by atoms with Gasteiger partial charge in [0.2, 0.25) is 0 Å². The fourth-order valence-electron chi connectivity index (χ4n) is 1.53. The summed E-state index contributed by atoms with van der Waals surface area (Å²) in [4.78, 5) is 0.0549. The zero-order chi connectivity index (χ0) is 15.6. The Bertz CT molecular complexity index is 848. The fourth-order valence-corrected chi connectivity index (χ4v) is 3.47. The van der Waals surface area contributed by atoms with Crippen molar-refractivity contribution < 1.29 is 8.42 Å². The molecule has 0 aromatic heterocycles. The van der Waals surface area contributed by atoms with E-state index in [0.717, 1.165) is 0 Å². The molecule has 0 atom stereocenters. The van der Waals surface area contributed by atoms with Crippen molar-refractivity contribution in [2.75, 3.05) is 4.72 Å². The molecule has 2 aromatic carbocycles. The van der Waals surface area contributed by atoms with Crippen LogP contribution in [0.25, 0.3) is 0 Å². The predicted molar refractivity (Wildman–Crippen MR) is 86.1 cm³/mol. The number of rotatable bonds is 3. The van der Waals surface area contributed by atoms with Gasteiger partial charge in [-0.15, -0.1) is 0 Å². The summed E-state index contributed by atoms with van der Waals surface area (Å²) in [7, 11) is -3.77. The van der Waals surface area contributed by atoms with Gasteiger partial charge in [0.15, 0.2) is 0 Å². The Balaban J connectivity index is 2.35. The second kappa shape index (κ2) is 6.24. The molecular formula is C13H7BrCl2N2O2S. The summed E-state index contributed by atoms with van der Waals surface area (Å²) < 4.78 is 27.4. The lowest BCUT2D eigenvalue weighted by molar-refractivity contribution is 0.601. The summed E-state index contributed by atoms with van der Waals surface area (Å²) >= 11 is 14.9. The molecule has 1 N–H and O–H groups in total. The average molecular weight is 406 g/mol. The number of anilines is 1. The highest BCUT2D eigenvalue weighted by molar-refractivity contribution is 9.10. The summed E-state index contributed by atoms with van der Waals surface area (Å²) in [6, 6.07) is 10.5. The van der Waals surface area contributed by atoms with Crippen LogP contribution in [0.4, 0.5) is 5.69 Å². The van der Waals surface area contributed by atoms with Gasteiger partial charge >= 0.3 is 0 Å². The molecule has 0 spiro atoms. The van der Waals surface area contributed by atoms with Gasteiger partial charge in [0, 0.05) is 4.47 Å². The minimum Gasteiger partial charge on any atom is -0.280 e. The molecule has 108 valence electrons. The fraction of sp³-hybridized carbons (Fsp3) is 0. The highest BCUT2D eigenvalue weighted by Gasteiger charge is 2.16. The van der Waals surface area contributed by atoms with E-state index in [-0.39, 0.29) is 21.2 Å². The smallest absolute Gasteiger partial charge is 0.261 e. The van der Waals surface area contributed by atoms with E-state index in [1.165, 1.54) is 36.4 Å². The lowest BCUT2D eigenvalue weighted by Gasteiger charge is -2.09. The Morgan fingerprint density at radius 1 is 1.10 bits per heavy atom. The molecule has 2 rings (SSSR count). The molecule has 4 nitrogen and oxygen atoms in total. The second-order valence-electron chi connectivity index (χ2n) is 3.99. The molecule has 0 fully saturated rings. The number of hydrogen-bond donors (Lipinski definition) is 1. The highest BCUT2D eigenvalue weighted by atomic mass is 79.9. The van der Waals surface area contributed by atoms with Crippen molar-refractivity contribution in [1.82, 2.24) is 0 Å². The van der Waals surface area contributed by atoms with Gasteiger partial charge in [-0.25, -0.2) is 8.42 Å². The third kappa shape index (κ3) is 3.69. The van der Waals surface area contributed by atoms with Gasteiger partial charge < -0.3 is 0 Å². The number of nitrogens with one attached hydrogen (secondary N) is 1. The molecule has 0 radical (unpaired) electrons. The summed E-state index contributed by atoms with van der Waals surface area (Å²) in [5.74, 6) is 0. The molecule has 0 aliphatic rings. The maximum atomic E-state index is 12.2. The maximum Gasteiger partial charge on any atom is 0.261 e. The highest BCUT2D eigenvalue weighted by Crippen LogP contribution is 2.27. The van der Waals surface area contributed by atoms with Crippen molar-refractivity contribution >= 4 is 54.8 Å². The van der Waals surface area contributed by atoms with E-state index in [1.807, 2.05) is 6.07 Å². The molecular weight excluding hydrogens is 399 g/mol. The molecule has 0 unspecified atom stereocenters. The predicted octanol–water partition coefficient (Wildman–Crippen LogP) is 4.43. The van der Waals surface area contributed by atoms with E-state index >= 15 is 0 Å². The molecule has 0 heterocycles. The van der Waals surface area contributed by atoms with Crippen LogP contribution in [0.3, 0.4) is 0 Å². The lowest BCUT2D eigenvalue weighted by Crippen LogP contribution is -2.13. The lowest BCUT2D eigenvalue weighted by atomic mass is 10.2. The Hall–Kier alpha value is -1.26. The van der Waals surface area contributed by atoms with Crippen LogP contribution >= 0.6 is 39.1 Å². The third-order valence-electron chi connectivity index (χ3n) is 2.54. The summed E-state index contributed by atoms with van der Waals surface area (Å²) in [6.45, 7) is 0. The van der Waals surface area contributed by atoms with Gasteiger partial charge in [-0.3, -0.25) is 4.72 Å². The third-order valence-corrected chi connectivity index (χ3v) is 5.45. The van der Waals surface area contributed by atoms with Crippen LogP contribution in [-0.4, -0.2) is 8.42 Å². The molecule has 2 aromatic rings. The van der Waals surface area contributed by atoms with Gasteiger partial charge in [0.05, 0.1) is 26.2 Å². The van der Waals surface area contributed by atoms with Gasteiger partial charge in [-0.2, -0.15) is 5.26 Å². The Kier molecular flexibility index (Phi) is 4.79. The quantitative estimate of drug-likeness (QED) is 0.820. The van der Waals surface area contributed by atoms with Crippen LogP contribution in [-0.2, 0) is 10.0 Å². The van der Waals surface area contributed by atoms with Crippen LogP contribution in [0, 0.1) is 11.3 Å². The number of benzene rings is 2. The number of nitrogens with zero attached hydrogens (tertiary/aromatic N) is 1. The van der Waals surface area contributed by atoms with Crippen molar-refractivity contribution in [2.24, 2.45) is 0 Å². The maximum absolute atomic E-state index is 12.2. The summed E-state index contributed by atoms with van der Waals surface area (Å²) in [5, 5.41) is 9.37. The number of halogens is 3. The van der Waals surface area contributed by atoms with Gasteiger partial charge in [-0.1, -0.05) is 23.2 Å². The van der Waals surface area contributed by atoms with Gasteiger partial charge in [-0.05, 0) is 52.3 Å². The van der Waals surface area contributed by atoms with Gasteiger partial charge in [0.25, 0.3) is 10.0 Å². The van der Waals surface area contributed by atoms with E-state index in [4.69, 9.17) is 28.5 Å². The van der Waals surface area contributed by atoms with Crippen LogP contribution in [0.2, 0.25) is 10.0 Å². The number of nitriles is 1. The average Bonchev–Trinajstić information content (AvgIpc) is 2.41. The van der Waals surface area contributed by atoms with Crippen molar-refractivity contribution in [3.8, 4) is 6.07 Å². The van der Waals surface area contributed by atoms with Crippen LogP contribution in [0.15, 0.2) is 45.8 Å². The minimum atomic E-state index is -3.77. The van der Waals surface area contributed by atoms with Crippen LogP contribution in [0.5, 0.6) is 0 Å². The molecule has 8 heteroatoms. The van der Waals surface area contributed by atoms with Crippen molar-refractivity contribution in [3.05, 3.63) is 56.5 Å². The number of hydrogen-bond acceptors (Lipinski definition) is 3. The largest absolute Gasteiger partial charge is 0.280 e. The van der Waals surface area contributed by atoms with E-state index in [0.29, 0.717) is 9.50 Å². The van der Waals surface area contributed by atoms with E-state index in [1.54, 1.807) is 0 Å². The first-order chi connectivity index (χ1) is 9.83. The van der Waals surface area contributed by atoms with E-state index in [9.17, 15) is 8.42 Å². The monoisotopic (exact) mass is 404 g/mol. The summed E-state index contributed by atoms with van der Waals surface area (Å²) in [5.41, 5.74) is 0.541. The summed E-state index contributed by atoms with van der Waals surface area (Å²) in [6.07, 6.45) is 0. The first-order valence-electron chi connectivity index (χ1n) is 5.51. The van der Waals surface area contributed by atoms with Crippen molar-refractivity contribution in [3.63, 3.8) is 0 Å². The second-order valence-corrected chi connectivity index (χ2v) is 7.34. The first kappa shape index (κ1) is 16.1. The topological polar surface area (TPSA) is 70.0 Å². The van der Waals surface area contributed by atoms with Crippen LogP contribution < -0.4 is 4.72 Å². The van der Waals surface area contributed by atoms with Crippen molar-refractivity contribution in [1.29, 1.82) is 5.26 Å². The molecule has 21 heavy (non-hydrogen) atoms. The molecule has 0 aliphatic heterocycles. The Labute approximate surface area is 140 Å². The normalized spacial score (nSPS) is 11.0. The van der Waals surface area contributed by atoms with Crippen molar-refractivity contribution in [2.45, 2.75) is 4.90 Å². The molecule has 0 saturated heterocycles. The zero-order valence-electron chi connectivity index (χ0n) is 10.3. The molecule has 0 bridgehead atoms. The first-order valence-corrected chi connectivity index (χ1v) is 8.54. The molecule has 0 aliphatic carbocycles. The molecule has 0 amide bonds. The standard InChI is InChI=1S/C13H7BrCl2N2O2S/c14-11-6-10(3-4-12(11)15)21(19,20)18-9-2-1-8(7-17)13(16)5-9/h1-6,18H. The zero-order valence-corrected chi connectivity index (χ0v) is 14.2. The Morgan fingerprint density at radius 3 is 2.38 bits per heavy atom.